The zero-order valence-electron chi connectivity index (χ0n) is 10.7. The molecule has 0 aliphatic carbocycles. The molecule has 2 nitrogen and oxygen atoms in total. The first-order valence-electron chi connectivity index (χ1n) is 6.15. The Kier molecular flexibility index (Phi) is 4.43. The number of hydrogen-bond acceptors (Lipinski definition) is 2. The van der Waals surface area contributed by atoms with Crippen LogP contribution in [0.15, 0.2) is 46.9 Å². The van der Waals surface area contributed by atoms with Crippen LogP contribution in [0.2, 0.25) is 0 Å². The van der Waals surface area contributed by atoms with Crippen molar-refractivity contribution in [2.45, 2.75) is 13.5 Å². The highest BCUT2D eigenvalue weighted by Gasteiger charge is 2.11. The van der Waals surface area contributed by atoms with Gasteiger partial charge in [-0.3, -0.25) is 0 Å². The molecule has 0 bridgehead atoms. The summed E-state index contributed by atoms with van der Waals surface area (Å²) in [6.07, 6.45) is 0. The van der Waals surface area contributed by atoms with E-state index in [9.17, 15) is 4.39 Å². The van der Waals surface area contributed by atoms with E-state index in [4.69, 9.17) is 5.73 Å². The maximum Gasteiger partial charge on any atom is 0.128 e. The first-order chi connectivity index (χ1) is 9.11. The molecule has 0 heterocycles. The molecular formula is C15H16BrFN2. The monoisotopic (exact) mass is 322 g/mol. The molecule has 2 aromatic rings. The Bertz CT molecular complexity index is 572. The molecule has 0 atom stereocenters. The van der Waals surface area contributed by atoms with Crippen LogP contribution in [0.4, 0.5) is 15.8 Å². The van der Waals surface area contributed by atoms with Gasteiger partial charge in [0.2, 0.25) is 0 Å². The molecule has 19 heavy (non-hydrogen) atoms. The molecule has 2 rings (SSSR count). The molecule has 0 fully saturated rings. The normalized spacial score (nSPS) is 10.5. The molecule has 0 aliphatic heterocycles. The third kappa shape index (κ3) is 3.26. The molecule has 100 valence electrons. The van der Waals surface area contributed by atoms with E-state index in [1.165, 1.54) is 6.07 Å². The van der Waals surface area contributed by atoms with Crippen molar-refractivity contribution in [3.8, 4) is 0 Å². The number of hydrogen-bond donors (Lipinski definition) is 1. The number of halogens is 2. The highest BCUT2D eigenvalue weighted by Crippen LogP contribution is 2.25. The van der Waals surface area contributed by atoms with E-state index >= 15 is 0 Å². The molecular weight excluding hydrogens is 307 g/mol. The summed E-state index contributed by atoms with van der Waals surface area (Å²) in [5.41, 5.74) is 8.27. The topological polar surface area (TPSA) is 29.3 Å². The third-order valence-corrected chi connectivity index (χ3v) is 3.52. The van der Waals surface area contributed by atoms with Gasteiger partial charge in [-0.25, -0.2) is 4.39 Å². The van der Waals surface area contributed by atoms with Crippen LogP contribution in [0.5, 0.6) is 0 Å². The Morgan fingerprint density at radius 1 is 1.21 bits per heavy atom. The second kappa shape index (κ2) is 6.06. The van der Waals surface area contributed by atoms with Gasteiger partial charge in [-0.05, 0) is 37.3 Å². The quantitative estimate of drug-likeness (QED) is 0.855. The van der Waals surface area contributed by atoms with Crippen molar-refractivity contribution in [2.24, 2.45) is 0 Å². The maximum atomic E-state index is 13.8. The summed E-state index contributed by atoms with van der Waals surface area (Å²) in [4.78, 5) is 2.06. The zero-order valence-corrected chi connectivity index (χ0v) is 12.3. The Labute approximate surface area is 121 Å². The van der Waals surface area contributed by atoms with Crippen LogP contribution in [-0.2, 0) is 6.54 Å². The molecule has 0 spiro atoms. The molecule has 4 heteroatoms. The van der Waals surface area contributed by atoms with Crippen LogP contribution in [-0.4, -0.2) is 6.54 Å². The van der Waals surface area contributed by atoms with Gasteiger partial charge in [-0.15, -0.1) is 0 Å². The fourth-order valence-electron chi connectivity index (χ4n) is 2.01. The lowest BCUT2D eigenvalue weighted by Crippen LogP contribution is -2.23. The standard InChI is InChI=1S/C15H16BrFN2/c1-2-19(15-6-4-3-5-14(15)18)10-11-9-12(16)7-8-13(11)17/h3-9H,2,10,18H2,1H3. The van der Waals surface area contributed by atoms with Crippen molar-refractivity contribution in [1.82, 2.24) is 0 Å². The number of benzene rings is 2. The highest BCUT2D eigenvalue weighted by atomic mass is 79.9. The lowest BCUT2D eigenvalue weighted by Gasteiger charge is -2.25. The lowest BCUT2D eigenvalue weighted by molar-refractivity contribution is 0.605. The molecule has 0 unspecified atom stereocenters. The average Bonchev–Trinajstić information content (AvgIpc) is 2.41. The van der Waals surface area contributed by atoms with Gasteiger partial charge in [-0.2, -0.15) is 0 Å². The summed E-state index contributed by atoms with van der Waals surface area (Å²) in [6, 6.07) is 12.6. The number of nitrogen functional groups attached to an aromatic ring is 1. The molecule has 0 aliphatic rings. The van der Waals surface area contributed by atoms with Gasteiger partial charge in [0.15, 0.2) is 0 Å². The van der Waals surface area contributed by atoms with Crippen LogP contribution in [0.1, 0.15) is 12.5 Å². The summed E-state index contributed by atoms with van der Waals surface area (Å²) < 4.78 is 14.7. The SMILES string of the molecule is CCN(Cc1cc(Br)ccc1F)c1ccccc1N. The van der Waals surface area contributed by atoms with E-state index in [1.807, 2.05) is 31.2 Å². The number of nitrogens with two attached hydrogens (primary N) is 1. The summed E-state index contributed by atoms with van der Waals surface area (Å²) in [6.45, 7) is 3.29. The van der Waals surface area contributed by atoms with Crippen molar-refractivity contribution < 1.29 is 4.39 Å². The number of rotatable bonds is 4. The predicted octanol–water partition coefficient (Wildman–Crippen LogP) is 4.20. The predicted molar refractivity (Wildman–Crippen MR) is 81.7 cm³/mol. The van der Waals surface area contributed by atoms with Crippen LogP contribution in [0, 0.1) is 5.82 Å². The molecule has 0 amide bonds. The summed E-state index contributed by atoms with van der Waals surface area (Å²) in [5.74, 6) is -0.198. The minimum absolute atomic E-state index is 0.198. The van der Waals surface area contributed by atoms with Gasteiger partial charge < -0.3 is 10.6 Å². The average molecular weight is 323 g/mol. The van der Waals surface area contributed by atoms with Crippen molar-refractivity contribution in [2.75, 3.05) is 17.2 Å². The first-order valence-corrected chi connectivity index (χ1v) is 6.94. The van der Waals surface area contributed by atoms with Gasteiger partial charge >= 0.3 is 0 Å². The summed E-state index contributed by atoms with van der Waals surface area (Å²) >= 11 is 3.37. The van der Waals surface area contributed by atoms with E-state index in [1.54, 1.807) is 12.1 Å². The lowest BCUT2D eigenvalue weighted by atomic mass is 10.1. The molecule has 2 aromatic carbocycles. The van der Waals surface area contributed by atoms with E-state index in [2.05, 4.69) is 20.8 Å². The second-order valence-corrected chi connectivity index (χ2v) is 5.22. The van der Waals surface area contributed by atoms with Gasteiger partial charge in [0.05, 0.1) is 11.4 Å². The molecule has 0 radical (unpaired) electrons. The van der Waals surface area contributed by atoms with Crippen molar-refractivity contribution in [3.05, 3.63) is 58.3 Å². The Balaban J connectivity index is 2.29. The van der Waals surface area contributed by atoms with Crippen LogP contribution >= 0.6 is 15.9 Å². The highest BCUT2D eigenvalue weighted by molar-refractivity contribution is 9.10. The van der Waals surface area contributed by atoms with Crippen LogP contribution < -0.4 is 10.6 Å². The molecule has 2 N–H and O–H groups in total. The van der Waals surface area contributed by atoms with Crippen LogP contribution in [0.3, 0.4) is 0 Å². The largest absolute Gasteiger partial charge is 0.397 e. The second-order valence-electron chi connectivity index (χ2n) is 4.31. The van der Waals surface area contributed by atoms with Gasteiger partial charge in [0.25, 0.3) is 0 Å². The van der Waals surface area contributed by atoms with Gasteiger partial charge in [-0.1, -0.05) is 28.1 Å². The minimum Gasteiger partial charge on any atom is -0.397 e. The van der Waals surface area contributed by atoms with E-state index < -0.39 is 0 Å². The van der Waals surface area contributed by atoms with Crippen molar-refractivity contribution in [3.63, 3.8) is 0 Å². The van der Waals surface area contributed by atoms with Gasteiger partial charge in [0, 0.05) is 23.1 Å². The molecule has 0 saturated heterocycles. The van der Waals surface area contributed by atoms with Crippen molar-refractivity contribution in [1.29, 1.82) is 0 Å². The number of nitrogens with zero attached hydrogens (tertiary/aromatic N) is 1. The number of anilines is 2. The zero-order chi connectivity index (χ0) is 13.8. The Morgan fingerprint density at radius 3 is 2.63 bits per heavy atom. The molecule has 0 aromatic heterocycles. The third-order valence-electron chi connectivity index (χ3n) is 3.03. The van der Waals surface area contributed by atoms with Gasteiger partial charge in [0.1, 0.15) is 5.82 Å². The first kappa shape index (κ1) is 13.9. The fraction of sp³-hybridized carbons (Fsp3) is 0.200. The van der Waals surface area contributed by atoms with Crippen molar-refractivity contribution >= 4 is 27.3 Å². The van der Waals surface area contributed by atoms with E-state index in [0.29, 0.717) is 17.8 Å². The fourth-order valence-corrected chi connectivity index (χ4v) is 2.42. The van der Waals surface area contributed by atoms with Crippen LogP contribution in [0.25, 0.3) is 0 Å². The maximum absolute atomic E-state index is 13.8. The number of para-hydroxylation sites is 2. The molecule has 0 saturated carbocycles. The van der Waals surface area contributed by atoms with E-state index in [-0.39, 0.29) is 5.82 Å². The Morgan fingerprint density at radius 2 is 1.95 bits per heavy atom. The summed E-state index contributed by atoms with van der Waals surface area (Å²) in [5, 5.41) is 0. The smallest absolute Gasteiger partial charge is 0.128 e. The summed E-state index contributed by atoms with van der Waals surface area (Å²) in [7, 11) is 0. The minimum atomic E-state index is -0.198. The van der Waals surface area contributed by atoms with E-state index in [0.717, 1.165) is 16.7 Å². The Hall–Kier alpha value is -1.55.